The standard InChI is InChI=1S/C30H39N14O25P5/c31-23-15-26(37-6-34-23)43(9-40-15)29-21(66-71(52,53)60-2-12-17(45)20(48)28(63-12)42-8-39-11-1-33-5-36-25(11)42)18(46)13(64-29)3-61-72(54,55)67-22-19(47)14(4-62-73(56,57)69-74(58,59)68-70(49,50)51)65-30(22)44-10-41-16-24(32)35-7-38-27(16)44/h1,5-10,12-14,17-22,28-30,45-48H,2-4H2,(H,52,53)(H,54,55)(H,56,57)(H,58,59)(H2,31,34,37)(H2,32,35,38)(H2,49,50,51)/t12-,13-,14-,17-,18-,19-,20-,21-,22-,28-,29-,30-/m1/s1. The van der Waals surface area contributed by atoms with Crippen LogP contribution >= 0.6 is 39.1 Å². The SMILES string of the molecule is Nc1ncnc2c1ncn2[C@@H]1O[C@H](COP(=O)(O)O[C@@H]2[C@H](O)[C@@H](COP(=O)(O)OP(=O)(O)OP(=O)(O)O)O[C@H]2n2cnc3c(N)ncnc32)[C@@H](O)[C@H]1OP(=O)(O)OC[C@H]1O[C@@H](n2cnc3cncnc32)[C@H](O)[C@@H]1O. The molecule has 3 aliphatic heterocycles. The molecule has 9 heterocycles. The maximum absolute atomic E-state index is 13.8. The van der Waals surface area contributed by atoms with Crippen molar-refractivity contribution in [1.82, 2.24) is 58.6 Å². The van der Waals surface area contributed by atoms with Gasteiger partial charge in [-0.15, -0.1) is 0 Å². The smallest absolute Gasteiger partial charge is 0.387 e. The van der Waals surface area contributed by atoms with Gasteiger partial charge in [0.1, 0.15) is 90.5 Å². The lowest BCUT2D eigenvalue weighted by Crippen LogP contribution is -2.37. The van der Waals surface area contributed by atoms with Gasteiger partial charge in [-0.25, -0.2) is 67.7 Å². The van der Waals surface area contributed by atoms with Crippen LogP contribution in [0.25, 0.3) is 33.5 Å². The zero-order valence-electron chi connectivity index (χ0n) is 36.4. The van der Waals surface area contributed by atoms with Crippen molar-refractivity contribution in [2.24, 2.45) is 0 Å². The fourth-order valence-electron chi connectivity index (χ4n) is 7.74. The molecular weight excluding hydrogens is 1110 g/mol. The van der Waals surface area contributed by atoms with Gasteiger partial charge in [0.05, 0.1) is 45.0 Å². The number of hydrogen-bond donors (Lipinski definition) is 12. The Hall–Kier alpha value is -4.40. The van der Waals surface area contributed by atoms with Gasteiger partial charge in [0.25, 0.3) is 0 Å². The predicted molar refractivity (Wildman–Crippen MR) is 232 cm³/mol. The van der Waals surface area contributed by atoms with Crippen molar-refractivity contribution < 1.29 is 118 Å². The van der Waals surface area contributed by atoms with Crippen LogP contribution in [-0.4, -0.2) is 183 Å². The number of nitrogens with zero attached hydrogens (tertiary/aromatic N) is 12. The third-order valence-electron chi connectivity index (χ3n) is 10.9. The van der Waals surface area contributed by atoms with Crippen LogP contribution in [0, 0.1) is 0 Å². The van der Waals surface area contributed by atoms with Crippen LogP contribution < -0.4 is 11.5 Å². The molecule has 6 aromatic rings. The fraction of sp³-hybridized carbons (Fsp3) is 0.500. The van der Waals surface area contributed by atoms with Crippen molar-refractivity contribution in [2.45, 2.75) is 73.6 Å². The monoisotopic (exact) mass is 1150 g/mol. The van der Waals surface area contributed by atoms with E-state index in [4.69, 9.17) is 53.6 Å². The van der Waals surface area contributed by atoms with Gasteiger partial charge in [-0.05, 0) is 0 Å². The summed E-state index contributed by atoms with van der Waals surface area (Å²) < 4.78 is 117. The Labute approximate surface area is 409 Å². The van der Waals surface area contributed by atoms with E-state index in [-0.39, 0.29) is 39.6 Å². The zero-order valence-corrected chi connectivity index (χ0v) is 40.9. The molecule has 0 aromatic carbocycles. The molecule has 44 heteroatoms. The molecule has 4 unspecified atom stereocenters. The third-order valence-corrected chi connectivity index (χ3v) is 16.7. The van der Waals surface area contributed by atoms with Gasteiger partial charge in [-0.2, -0.15) is 8.62 Å². The van der Waals surface area contributed by atoms with Crippen LogP contribution in [0.5, 0.6) is 0 Å². The minimum Gasteiger partial charge on any atom is -0.387 e. The number of hydrogen-bond acceptors (Lipinski definition) is 30. The van der Waals surface area contributed by atoms with Crippen LogP contribution in [0.2, 0.25) is 0 Å². The van der Waals surface area contributed by atoms with Crippen LogP contribution in [0.3, 0.4) is 0 Å². The van der Waals surface area contributed by atoms with E-state index < -0.39 is 133 Å². The van der Waals surface area contributed by atoms with E-state index in [1.807, 2.05) is 0 Å². The summed E-state index contributed by atoms with van der Waals surface area (Å²) in [5.41, 5.74) is 12.1. The Morgan fingerprint density at radius 2 is 0.932 bits per heavy atom. The number of ether oxygens (including phenoxy) is 3. The number of aliphatic hydroxyl groups excluding tert-OH is 4. The third kappa shape index (κ3) is 11.5. The molecule has 3 fully saturated rings. The maximum Gasteiger partial charge on any atom is 0.490 e. The molecular formula is C30H39N14O25P5. The Morgan fingerprint density at radius 1 is 0.500 bits per heavy atom. The van der Waals surface area contributed by atoms with Crippen molar-refractivity contribution in [1.29, 1.82) is 0 Å². The lowest BCUT2D eigenvalue weighted by Gasteiger charge is -2.25. The molecule has 3 saturated heterocycles. The average molecular weight is 1150 g/mol. The number of rotatable bonds is 20. The number of imidazole rings is 3. The number of nitrogens with two attached hydrogens (primary N) is 2. The van der Waals surface area contributed by atoms with Gasteiger partial charge in [0.2, 0.25) is 0 Å². The molecule has 9 rings (SSSR count). The summed E-state index contributed by atoms with van der Waals surface area (Å²) in [4.78, 5) is 95.4. The van der Waals surface area contributed by atoms with Crippen molar-refractivity contribution in [2.75, 3.05) is 31.3 Å². The van der Waals surface area contributed by atoms with E-state index in [0.29, 0.717) is 5.52 Å². The topological polar surface area (TPSA) is 563 Å². The minimum absolute atomic E-state index is 0.00888. The summed E-state index contributed by atoms with van der Waals surface area (Å²) in [6.45, 7) is -3.33. The molecule has 74 heavy (non-hydrogen) atoms. The Bertz CT molecular complexity index is 3290. The first kappa shape index (κ1) is 54.4. The first-order valence-corrected chi connectivity index (χ1v) is 28.0. The van der Waals surface area contributed by atoms with Crippen LogP contribution in [0.1, 0.15) is 18.7 Å². The summed E-state index contributed by atoms with van der Waals surface area (Å²) in [7, 11) is -28.6. The van der Waals surface area contributed by atoms with Crippen LogP contribution in [0.4, 0.5) is 11.6 Å². The quantitative estimate of drug-likeness (QED) is 0.0342. The molecule has 14 N–H and O–H groups in total. The fourth-order valence-corrected chi connectivity index (χ4v) is 12.6. The number of anilines is 2. The Kier molecular flexibility index (Phi) is 15.1. The van der Waals surface area contributed by atoms with E-state index in [1.165, 1.54) is 23.4 Å². The summed E-state index contributed by atoms with van der Waals surface area (Å²) in [5, 5.41) is 44.6. The lowest BCUT2D eigenvalue weighted by molar-refractivity contribution is -0.0644. The average Bonchev–Trinajstić information content (AvgIpc) is 4.17. The molecule has 0 bridgehead atoms. The summed E-state index contributed by atoms with van der Waals surface area (Å²) in [6.07, 6.45) is -13.8. The van der Waals surface area contributed by atoms with Gasteiger partial charge < -0.3 is 75.5 Å². The van der Waals surface area contributed by atoms with Crippen molar-refractivity contribution in [3.05, 3.63) is 44.2 Å². The molecule has 0 aliphatic carbocycles. The van der Waals surface area contributed by atoms with E-state index in [2.05, 4.69) is 58.0 Å². The maximum atomic E-state index is 13.8. The Balaban J connectivity index is 0.912. The highest BCUT2D eigenvalue weighted by atomic mass is 31.3. The Morgan fingerprint density at radius 3 is 1.43 bits per heavy atom. The summed E-state index contributed by atoms with van der Waals surface area (Å²) in [5.74, 6) is -0.297. The second-order valence-corrected chi connectivity index (χ2v) is 23.0. The first-order chi connectivity index (χ1) is 34.7. The highest BCUT2D eigenvalue weighted by Gasteiger charge is 2.54. The van der Waals surface area contributed by atoms with Gasteiger partial charge in [-0.1, -0.05) is 0 Å². The first-order valence-electron chi connectivity index (χ1n) is 20.5. The molecule has 39 nitrogen and oxygen atoms in total. The second-order valence-electron chi connectivity index (χ2n) is 15.8. The highest BCUT2D eigenvalue weighted by Crippen LogP contribution is 2.66. The molecule has 0 radical (unpaired) electrons. The zero-order chi connectivity index (χ0) is 53.3. The van der Waals surface area contributed by atoms with Gasteiger partial charge in [0, 0.05) is 0 Å². The van der Waals surface area contributed by atoms with Crippen molar-refractivity contribution in [3.63, 3.8) is 0 Å². The lowest BCUT2D eigenvalue weighted by atomic mass is 10.1. The number of nitrogen functional groups attached to an aromatic ring is 2. The summed E-state index contributed by atoms with van der Waals surface area (Å²) >= 11 is 0. The van der Waals surface area contributed by atoms with E-state index in [1.54, 1.807) is 0 Å². The van der Waals surface area contributed by atoms with E-state index in [9.17, 15) is 62.8 Å². The van der Waals surface area contributed by atoms with Crippen LogP contribution in [-0.2, 0) is 68.3 Å². The molecule has 3 aliphatic rings. The molecule has 6 aromatic heterocycles. The molecule has 16 atom stereocenters. The van der Waals surface area contributed by atoms with Gasteiger partial charge in [0.15, 0.2) is 47.3 Å². The number of phosphoric acid groups is 5. The predicted octanol–water partition coefficient (Wildman–Crippen LogP) is -2.85. The minimum atomic E-state index is -5.99. The number of fused-ring (bicyclic) bond motifs is 3. The van der Waals surface area contributed by atoms with Crippen molar-refractivity contribution in [3.8, 4) is 0 Å². The molecule has 0 spiro atoms. The largest absolute Gasteiger partial charge is 0.490 e. The van der Waals surface area contributed by atoms with Gasteiger partial charge in [-0.3, -0.25) is 36.3 Å². The van der Waals surface area contributed by atoms with E-state index >= 15 is 0 Å². The number of phosphoric ester groups is 3. The normalized spacial score (nSPS) is 30.9. The van der Waals surface area contributed by atoms with Gasteiger partial charge >= 0.3 is 39.1 Å². The van der Waals surface area contributed by atoms with Crippen molar-refractivity contribution >= 4 is 84.2 Å². The summed E-state index contributed by atoms with van der Waals surface area (Å²) in [6, 6.07) is 0. The second kappa shape index (κ2) is 20.5. The molecule has 0 saturated carbocycles. The van der Waals surface area contributed by atoms with Crippen LogP contribution in [0.15, 0.2) is 44.2 Å². The number of aromatic nitrogens is 12. The molecule has 404 valence electrons. The number of aliphatic hydroxyl groups is 4. The highest BCUT2D eigenvalue weighted by molar-refractivity contribution is 7.66. The van der Waals surface area contributed by atoms with E-state index in [0.717, 1.165) is 34.4 Å². The molecule has 0 amide bonds.